The number of carbonyl (C=O) groups excluding carboxylic acids is 1. The summed E-state index contributed by atoms with van der Waals surface area (Å²) in [6.45, 7) is 4.23. The minimum Gasteiger partial charge on any atom is -0.382 e. The van der Waals surface area contributed by atoms with Crippen LogP contribution in [-0.4, -0.2) is 31.2 Å². The van der Waals surface area contributed by atoms with Crippen molar-refractivity contribution in [2.45, 2.75) is 57.5 Å². The van der Waals surface area contributed by atoms with E-state index >= 15 is 0 Å². The predicted molar refractivity (Wildman–Crippen MR) is 66.0 cm³/mol. The molecule has 0 bridgehead atoms. The Kier molecular flexibility index (Phi) is 4.57. The zero-order valence-electron chi connectivity index (χ0n) is 10.9. The minimum absolute atomic E-state index is 0.0957. The van der Waals surface area contributed by atoms with Crippen LogP contribution in [0.15, 0.2) is 0 Å². The van der Waals surface area contributed by atoms with Crippen molar-refractivity contribution < 1.29 is 14.3 Å². The Morgan fingerprint density at radius 3 is 2.94 bits per heavy atom. The van der Waals surface area contributed by atoms with Crippen molar-refractivity contribution in [1.82, 2.24) is 0 Å². The molecule has 1 unspecified atom stereocenters. The molecule has 1 aliphatic carbocycles. The van der Waals surface area contributed by atoms with Crippen LogP contribution in [0, 0.1) is 5.92 Å². The van der Waals surface area contributed by atoms with Gasteiger partial charge in [-0.15, -0.1) is 0 Å². The van der Waals surface area contributed by atoms with Gasteiger partial charge in [-0.25, -0.2) is 0 Å². The molecule has 0 N–H and O–H groups in total. The summed E-state index contributed by atoms with van der Waals surface area (Å²) >= 11 is 0. The van der Waals surface area contributed by atoms with Gasteiger partial charge in [-0.3, -0.25) is 4.79 Å². The highest BCUT2D eigenvalue weighted by atomic mass is 16.5. The van der Waals surface area contributed by atoms with Gasteiger partial charge in [0.25, 0.3) is 0 Å². The molecule has 0 aromatic rings. The molecule has 0 radical (unpaired) electrons. The van der Waals surface area contributed by atoms with Gasteiger partial charge in [-0.05, 0) is 45.4 Å². The number of Topliss-reactive ketones (excluding diaryl/α,β-unsaturated/α-hetero) is 1. The predicted octanol–water partition coefficient (Wildman–Crippen LogP) is 2.72. The van der Waals surface area contributed by atoms with Crippen LogP contribution < -0.4 is 0 Å². The summed E-state index contributed by atoms with van der Waals surface area (Å²) in [5, 5.41) is 0. The summed E-state index contributed by atoms with van der Waals surface area (Å²) in [5.41, 5.74) is 0.0957. The Labute approximate surface area is 104 Å². The lowest BCUT2D eigenvalue weighted by Gasteiger charge is -2.46. The molecule has 98 valence electrons. The van der Waals surface area contributed by atoms with E-state index in [-0.39, 0.29) is 11.5 Å². The molecule has 1 atom stereocenters. The van der Waals surface area contributed by atoms with Gasteiger partial charge in [-0.2, -0.15) is 0 Å². The number of hydrogen-bond donors (Lipinski definition) is 0. The fourth-order valence-electron chi connectivity index (χ4n) is 2.92. The van der Waals surface area contributed by atoms with Crippen LogP contribution >= 0.6 is 0 Å². The maximum atomic E-state index is 12.1. The van der Waals surface area contributed by atoms with Gasteiger partial charge >= 0.3 is 0 Å². The molecule has 17 heavy (non-hydrogen) atoms. The summed E-state index contributed by atoms with van der Waals surface area (Å²) in [5.74, 6) is 0.685. The molecule has 3 heteroatoms. The molecule has 0 aromatic heterocycles. The van der Waals surface area contributed by atoms with Crippen LogP contribution in [0.2, 0.25) is 0 Å². The average molecular weight is 240 g/mol. The molecule has 2 fully saturated rings. The van der Waals surface area contributed by atoms with Crippen LogP contribution in [0.1, 0.15) is 51.9 Å². The average Bonchev–Trinajstić information content (AvgIpc) is 2.32. The zero-order valence-corrected chi connectivity index (χ0v) is 10.9. The van der Waals surface area contributed by atoms with Crippen molar-refractivity contribution in [3.63, 3.8) is 0 Å². The van der Waals surface area contributed by atoms with Gasteiger partial charge in [0.15, 0.2) is 0 Å². The lowest BCUT2D eigenvalue weighted by molar-refractivity contribution is -0.155. The van der Waals surface area contributed by atoms with Gasteiger partial charge in [0.05, 0.1) is 5.60 Å². The van der Waals surface area contributed by atoms with Crippen LogP contribution in [0.3, 0.4) is 0 Å². The second kappa shape index (κ2) is 5.96. The highest BCUT2D eigenvalue weighted by Gasteiger charge is 2.43. The molecule has 2 rings (SSSR count). The third kappa shape index (κ3) is 3.29. The number of hydrogen-bond acceptors (Lipinski definition) is 3. The van der Waals surface area contributed by atoms with Gasteiger partial charge in [0, 0.05) is 32.2 Å². The van der Waals surface area contributed by atoms with E-state index in [1.54, 1.807) is 0 Å². The summed E-state index contributed by atoms with van der Waals surface area (Å²) < 4.78 is 11.1. The Hall–Kier alpha value is -0.410. The molecule has 1 saturated heterocycles. The van der Waals surface area contributed by atoms with Crippen molar-refractivity contribution in [3.8, 4) is 0 Å². The Morgan fingerprint density at radius 1 is 1.47 bits per heavy atom. The van der Waals surface area contributed by atoms with Crippen LogP contribution in [0.5, 0.6) is 0 Å². The largest absolute Gasteiger partial charge is 0.382 e. The van der Waals surface area contributed by atoms with Gasteiger partial charge < -0.3 is 9.47 Å². The molecule has 0 aromatic carbocycles. The number of ether oxygens (including phenoxy) is 2. The first-order valence-electron chi connectivity index (χ1n) is 7.00. The van der Waals surface area contributed by atoms with Crippen LogP contribution in [-0.2, 0) is 14.3 Å². The second-order valence-electron chi connectivity index (χ2n) is 5.34. The molecule has 3 nitrogen and oxygen atoms in total. The van der Waals surface area contributed by atoms with Crippen molar-refractivity contribution >= 4 is 5.78 Å². The smallest absolute Gasteiger partial charge is 0.136 e. The fourth-order valence-corrected chi connectivity index (χ4v) is 2.92. The van der Waals surface area contributed by atoms with Gasteiger partial charge in [0.2, 0.25) is 0 Å². The number of carbonyl (C=O) groups is 1. The van der Waals surface area contributed by atoms with Crippen molar-refractivity contribution in [2.75, 3.05) is 19.8 Å². The minimum atomic E-state index is 0.0957. The van der Waals surface area contributed by atoms with E-state index in [9.17, 15) is 4.79 Å². The molecule has 1 aliphatic heterocycles. The van der Waals surface area contributed by atoms with Crippen molar-refractivity contribution in [2.24, 2.45) is 5.92 Å². The first-order chi connectivity index (χ1) is 8.26. The fraction of sp³-hybridized carbons (Fsp3) is 0.929. The summed E-state index contributed by atoms with van der Waals surface area (Å²) in [7, 11) is 0. The van der Waals surface area contributed by atoms with Crippen molar-refractivity contribution in [1.29, 1.82) is 0 Å². The highest BCUT2D eigenvalue weighted by Crippen LogP contribution is 2.44. The highest BCUT2D eigenvalue weighted by molar-refractivity contribution is 5.81. The third-order valence-electron chi connectivity index (χ3n) is 4.13. The van der Waals surface area contributed by atoms with Crippen LogP contribution in [0.25, 0.3) is 0 Å². The van der Waals surface area contributed by atoms with E-state index in [0.29, 0.717) is 12.2 Å². The Bertz CT molecular complexity index is 258. The molecule has 1 spiro atoms. The SMILES string of the molecule is CCOCCCC(=O)C1CCOC2(CCC2)C1. The maximum absolute atomic E-state index is 12.1. The molecule has 1 saturated carbocycles. The number of rotatable bonds is 6. The van der Waals surface area contributed by atoms with E-state index in [4.69, 9.17) is 9.47 Å². The van der Waals surface area contributed by atoms with Crippen molar-refractivity contribution in [3.05, 3.63) is 0 Å². The quantitative estimate of drug-likeness (QED) is 0.670. The topological polar surface area (TPSA) is 35.5 Å². The van der Waals surface area contributed by atoms with E-state index in [0.717, 1.165) is 51.9 Å². The maximum Gasteiger partial charge on any atom is 0.136 e. The summed E-state index contributed by atoms with van der Waals surface area (Å²) in [6.07, 6.45) is 7.05. The van der Waals surface area contributed by atoms with E-state index < -0.39 is 0 Å². The van der Waals surface area contributed by atoms with Gasteiger partial charge in [0.1, 0.15) is 5.78 Å². The Balaban J connectivity index is 1.71. The lowest BCUT2D eigenvalue weighted by atomic mass is 9.71. The van der Waals surface area contributed by atoms with E-state index in [2.05, 4.69) is 0 Å². The third-order valence-corrected chi connectivity index (χ3v) is 4.13. The number of ketones is 1. The molecular weight excluding hydrogens is 216 g/mol. The lowest BCUT2D eigenvalue weighted by Crippen LogP contribution is -2.47. The second-order valence-corrected chi connectivity index (χ2v) is 5.34. The molecule has 2 aliphatic rings. The summed E-state index contributed by atoms with van der Waals surface area (Å²) in [4.78, 5) is 12.1. The van der Waals surface area contributed by atoms with E-state index in [1.165, 1.54) is 6.42 Å². The molecular formula is C14H24O3. The zero-order chi connectivity index (χ0) is 12.1. The molecule has 1 heterocycles. The van der Waals surface area contributed by atoms with E-state index in [1.807, 2.05) is 6.92 Å². The standard InChI is InChI=1S/C14H24O3/c1-2-16-9-3-5-13(15)12-6-10-17-14(11-12)7-4-8-14/h12H,2-11H2,1H3. The molecule has 0 amide bonds. The van der Waals surface area contributed by atoms with Crippen LogP contribution in [0.4, 0.5) is 0 Å². The Morgan fingerprint density at radius 2 is 2.29 bits per heavy atom. The normalized spacial score (nSPS) is 26.8. The first kappa shape index (κ1) is 13.0. The monoisotopic (exact) mass is 240 g/mol. The first-order valence-corrected chi connectivity index (χ1v) is 7.00. The summed E-state index contributed by atoms with van der Waals surface area (Å²) in [6, 6.07) is 0. The van der Waals surface area contributed by atoms with Gasteiger partial charge in [-0.1, -0.05) is 0 Å².